The molecule has 0 aliphatic rings. The van der Waals surface area contributed by atoms with Gasteiger partial charge in [0.1, 0.15) is 6.54 Å². The first-order chi connectivity index (χ1) is 4.57. The zero-order valence-corrected chi connectivity index (χ0v) is 5.27. The lowest BCUT2D eigenvalue weighted by Gasteiger charge is -2.08. The number of likely N-dealkylation sites (N-methyl/N-ethyl adjacent to an activating group) is 1. The van der Waals surface area contributed by atoms with Gasteiger partial charge in [-0.15, -0.1) is 0 Å². The van der Waals surface area contributed by atoms with Crippen LogP contribution in [0.2, 0.25) is 0 Å². The zero-order valence-electron chi connectivity index (χ0n) is 5.27. The second-order valence-electron chi connectivity index (χ2n) is 1.60. The van der Waals surface area contributed by atoms with Crippen LogP contribution in [-0.2, 0) is 9.68 Å². The van der Waals surface area contributed by atoms with Gasteiger partial charge < -0.3 is 10.0 Å². The predicted molar refractivity (Wildman–Crippen MR) is 29.4 cm³/mol. The fourth-order valence-electron chi connectivity index (χ4n) is 0.290. The fraction of sp³-hybridized carbons (Fsp3) is 0.500. The molecular weight excluding hydrogens is 142 g/mol. The highest BCUT2D eigenvalue weighted by molar-refractivity contribution is 5.76. The first-order valence-electron chi connectivity index (χ1n) is 2.36. The molecule has 0 radical (unpaired) electrons. The molecule has 0 aromatic heterocycles. The van der Waals surface area contributed by atoms with Crippen molar-refractivity contribution in [1.29, 1.82) is 0 Å². The first kappa shape index (κ1) is 8.70. The Bertz CT molecular complexity index is 145. The number of nitrogens with zero attached hydrogens (tertiary/aromatic N) is 1. The zero-order chi connectivity index (χ0) is 8.15. The van der Waals surface area contributed by atoms with Gasteiger partial charge in [0.25, 0.3) is 0 Å². The van der Waals surface area contributed by atoms with Crippen molar-refractivity contribution >= 4 is 12.1 Å². The van der Waals surface area contributed by atoms with Crippen LogP contribution in [0.5, 0.6) is 0 Å². The van der Waals surface area contributed by atoms with E-state index in [1.165, 1.54) is 7.05 Å². The van der Waals surface area contributed by atoms with Crippen LogP contribution < -0.4 is 0 Å². The molecule has 6 nitrogen and oxygen atoms in total. The van der Waals surface area contributed by atoms with Crippen LogP contribution in [0.1, 0.15) is 0 Å². The van der Waals surface area contributed by atoms with Crippen LogP contribution >= 0.6 is 0 Å². The smallest absolute Gasteiger partial charge is 0.407 e. The summed E-state index contributed by atoms with van der Waals surface area (Å²) < 4.78 is 0. The van der Waals surface area contributed by atoms with E-state index >= 15 is 0 Å². The molecule has 0 aromatic rings. The Hall–Kier alpha value is -1.30. The number of carbonyl (C=O) groups is 2. The molecular formula is C4H7NO5. The monoisotopic (exact) mass is 149 g/mol. The third-order valence-corrected chi connectivity index (χ3v) is 0.795. The van der Waals surface area contributed by atoms with Crippen molar-refractivity contribution < 1.29 is 24.8 Å². The summed E-state index contributed by atoms with van der Waals surface area (Å²) in [6.45, 7) is -0.480. The Kier molecular flexibility index (Phi) is 3.20. The van der Waals surface area contributed by atoms with E-state index in [1.807, 2.05) is 0 Å². The van der Waals surface area contributed by atoms with Crippen molar-refractivity contribution in [2.24, 2.45) is 0 Å². The van der Waals surface area contributed by atoms with E-state index in [2.05, 4.69) is 4.89 Å². The van der Waals surface area contributed by atoms with Crippen LogP contribution in [0.4, 0.5) is 4.79 Å². The standard InChI is InChI=1S/C4H7NO5/c1-5(4(7)8)2-3(6)10-9/h9H,2H2,1H3,(H,7,8). The lowest BCUT2D eigenvalue weighted by molar-refractivity contribution is -0.234. The summed E-state index contributed by atoms with van der Waals surface area (Å²) in [5.74, 6) is -1.01. The van der Waals surface area contributed by atoms with Gasteiger partial charge in [0.2, 0.25) is 0 Å². The van der Waals surface area contributed by atoms with Crippen molar-refractivity contribution in [3.05, 3.63) is 0 Å². The predicted octanol–water partition coefficient (Wildman–Crippen LogP) is -0.388. The Morgan fingerprint density at radius 3 is 2.40 bits per heavy atom. The number of carboxylic acid groups (broad SMARTS) is 1. The van der Waals surface area contributed by atoms with Crippen LogP contribution in [0.3, 0.4) is 0 Å². The van der Waals surface area contributed by atoms with Crippen molar-refractivity contribution in [1.82, 2.24) is 4.90 Å². The molecule has 0 rings (SSSR count). The lowest BCUT2D eigenvalue weighted by atomic mass is 10.6. The number of hydrogen-bond donors (Lipinski definition) is 2. The molecule has 0 atom stereocenters. The molecule has 6 heteroatoms. The molecule has 0 spiro atoms. The summed E-state index contributed by atoms with van der Waals surface area (Å²) in [6.07, 6.45) is -1.26. The minimum Gasteiger partial charge on any atom is -0.465 e. The summed E-state index contributed by atoms with van der Waals surface area (Å²) in [4.78, 5) is 24.0. The molecule has 58 valence electrons. The van der Waals surface area contributed by atoms with Crippen LogP contribution in [0, 0.1) is 0 Å². The Labute approximate surface area is 56.5 Å². The second-order valence-corrected chi connectivity index (χ2v) is 1.60. The van der Waals surface area contributed by atoms with E-state index in [1.54, 1.807) is 0 Å². The maximum Gasteiger partial charge on any atom is 0.407 e. The topological polar surface area (TPSA) is 87.1 Å². The quantitative estimate of drug-likeness (QED) is 0.412. The van der Waals surface area contributed by atoms with E-state index in [0.717, 1.165) is 0 Å². The molecule has 0 aliphatic carbocycles. The van der Waals surface area contributed by atoms with Crippen LogP contribution in [0.15, 0.2) is 0 Å². The highest BCUT2D eigenvalue weighted by atomic mass is 17.1. The largest absolute Gasteiger partial charge is 0.465 e. The molecule has 10 heavy (non-hydrogen) atoms. The molecule has 2 N–H and O–H groups in total. The van der Waals surface area contributed by atoms with Gasteiger partial charge in [-0.3, -0.25) is 4.89 Å². The molecule has 0 saturated heterocycles. The number of rotatable bonds is 2. The summed E-state index contributed by atoms with van der Waals surface area (Å²) in [6, 6.07) is 0. The van der Waals surface area contributed by atoms with Gasteiger partial charge in [-0.05, 0) is 0 Å². The molecule has 0 fully saturated rings. The van der Waals surface area contributed by atoms with Crippen LogP contribution in [-0.4, -0.2) is 40.9 Å². The van der Waals surface area contributed by atoms with Crippen LogP contribution in [0.25, 0.3) is 0 Å². The second kappa shape index (κ2) is 3.67. The van der Waals surface area contributed by atoms with E-state index < -0.39 is 18.6 Å². The minimum absolute atomic E-state index is 0.480. The third kappa shape index (κ3) is 2.88. The number of amides is 1. The molecule has 0 aliphatic heterocycles. The van der Waals surface area contributed by atoms with Gasteiger partial charge in [0.05, 0.1) is 0 Å². The maximum atomic E-state index is 10.1. The van der Waals surface area contributed by atoms with Gasteiger partial charge in [-0.2, -0.15) is 5.26 Å². The Balaban J connectivity index is 3.68. The van der Waals surface area contributed by atoms with E-state index in [9.17, 15) is 9.59 Å². The van der Waals surface area contributed by atoms with Gasteiger partial charge in [0, 0.05) is 7.05 Å². The average molecular weight is 149 g/mol. The highest BCUT2D eigenvalue weighted by Crippen LogP contribution is 1.83. The van der Waals surface area contributed by atoms with Gasteiger partial charge in [-0.1, -0.05) is 0 Å². The third-order valence-electron chi connectivity index (χ3n) is 0.795. The van der Waals surface area contributed by atoms with E-state index in [-0.39, 0.29) is 0 Å². The van der Waals surface area contributed by atoms with Crippen molar-refractivity contribution in [2.45, 2.75) is 0 Å². The molecule has 0 bridgehead atoms. The molecule has 0 saturated carbocycles. The lowest BCUT2D eigenvalue weighted by Crippen LogP contribution is -2.31. The van der Waals surface area contributed by atoms with Gasteiger partial charge >= 0.3 is 12.1 Å². The molecule has 0 unspecified atom stereocenters. The fourth-order valence-corrected chi connectivity index (χ4v) is 0.290. The van der Waals surface area contributed by atoms with Crippen molar-refractivity contribution in [3.63, 3.8) is 0 Å². The van der Waals surface area contributed by atoms with Gasteiger partial charge in [-0.25, -0.2) is 9.59 Å². The molecule has 0 heterocycles. The van der Waals surface area contributed by atoms with E-state index in [4.69, 9.17) is 10.4 Å². The normalized spacial score (nSPS) is 8.60. The summed E-state index contributed by atoms with van der Waals surface area (Å²) in [5.41, 5.74) is 0. The first-order valence-corrected chi connectivity index (χ1v) is 2.36. The summed E-state index contributed by atoms with van der Waals surface area (Å²) in [7, 11) is 1.18. The van der Waals surface area contributed by atoms with E-state index in [0.29, 0.717) is 4.90 Å². The van der Waals surface area contributed by atoms with Crippen molar-refractivity contribution in [2.75, 3.05) is 13.6 Å². The SMILES string of the molecule is CN(CC(=O)OO)C(=O)O. The maximum absolute atomic E-state index is 10.1. The van der Waals surface area contributed by atoms with Gasteiger partial charge in [0.15, 0.2) is 0 Å². The molecule has 0 aromatic carbocycles. The van der Waals surface area contributed by atoms with Crippen molar-refractivity contribution in [3.8, 4) is 0 Å². The highest BCUT2D eigenvalue weighted by Gasteiger charge is 2.11. The molecule has 1 amide bonds. The number of carbonyl (C=O) groups excluding carboxylic acids is 1. The minimum atomic E-state index is -1.26. The Morgan fingerprint density at radius 2 is 2.10 bits per heavy atom. The Morgan fingerprint density at radius 1 is 1.60 bits per heavy atom. The summed E-state index contributed by atoms with van der Waals surface area (Å²) >= 11 is 0. The summed E-state index contributed by atoms with van der Waals surface area (Å²) in [5, 5.41) is 15.9. The average Bonchev–Trinajstić information content (AvgIpc) is 1.87. The number of hydrogen-bond acceptors (Lipinski definition) is 4.